The molecule has 54 valence electrons. The largest absolute Gasteiger partial charge is 0.372 e. The molecule has 0 amide bonds. The van der Waals surface area contributed by atoms with E-state index >= 15 is 0 Å². The smallest absolute Gasteiger partial charge is 0.0843 e. The molecule has 2 N–H and O–H groups in total. The average Bonchev–Trinajstić information content (AvgIpc) is 2.43. The Bertz CT molecular complexity index is 86.9. The molecule has 0 aliphatic carbocycles. The summed E-state index contributed by atoms with van der Waals surface area (Å²) in [6.07, 6.45) is 3.12. The zero-order valence-electron chi connectivity index (χ0n) is 6.49. The summed E-state index contributed by atoms with van der Waals surface area (Å²) in [5.41, 5.74) is 1.31. The van der Waals surface area contributed by atoms with Crippen molar-refractivity contribution in [1.29, 1.82) is 0 Å². The molecule has 0 unspecified atom stereocenters. The van der Waals surface area contributed by atoms with E-state index in [1.54, 1.807) is 0 Å². The maximum absolute atomic E-state index is 3.16. The van der Waals surface area contributed by atoms with E-state index in [-0.39, 0.29) is 0 Å². The number of hydrogen-bond acceptors (Lipinski definition) is 2. The van der Waals surface area contributed by atoms with Crippen LogP contribution in [0.15, 0.2) is 11.9 Å². The van der Waals surface area contributed by atoms with Gasteiger partial charge in [0.2, 0.25) is 0 Å². The first kappa shape index (κ1) is 8.34. The van der Waals surface area contributed by atoms with Crippen molar-refractivity contribution in [3.8, 4) is 0 Å². The first-order chi connectivity index (χ1) is 4.43. The van der Waals surface area contributed by atoms with E-state index in [1.165, 1.54) is 5.70 Å². The first-order valence-corrected chi connectivity index (χ1v) is 3.60. The van der Waals surface area contributed by atoms with Gasteiger partial charge in [-0.15, -0.1) is 0 Å². The van der Waals surface area contributed by atoms with Gasteiger partial charge in [-0.05, 0) is 6.42 Å². The molecule has 0 spiro atoms. The number of hydrogen-bond donors (Lipinski definition) is 2. The lowest BCUT2D eigenvalue weighted by Gasteiger charge is -1.93. The molecule has 0 aromatic heterocycles. The summed E-state index contributed by atoms with van der Waals surface area (Å²) in [6, 6.07) is 0. The van der Waals surface area contributed by atoms with E-state index in [4.69, 9.17) is 0 Å². The third-order valence-electron chi connectivity index (χ3n) is 1.07. The third kappa shape index (κ3) is 3.01. The number of nitrogens with one attached hydrogen (secondary N) is 2. The van der Waals surface area contributed by atoms with Crippen LogP contribution in [0, 0.1) is 0 Å². The molecule has 0 aromatic rings. The maximum Gasteiger partial charge on any atom is 0.0843 e. The van der Waals surface area contributed by atoms with Crippen LogP contribution in [0.25, 0.3) is 0 Å². The number of rotatable bonds is 1. The molecule has 0 radical (unpaired) electrons. The van der Waals surface area contributed by atoms with Crippen LogP contribution in [0.5, 0.6) is 0 Å². The van der Waals surface area contributed by atoms with E-state index in [0.717, 1.165) is 13.1 Å². The molecule has 2 nitrogen and oxygen atoms in total. The van der Waals surface area contributed by atoms with Gasteiger partial charge in [-0.25, -0.2) is 0 Å². The highest BCUT2D eigenvalue weighted by atomic mass is 15.1. The average molecular weight is 128 g/mol. The molecule has 0 saturated carbocycles. The second kappa shape index (κ2) is 5.48. The second-order valence-electron chi connectivity index (χ2n) is 1.58. The summed E-state index contributed by atoms with van der Waals surface area (Å²) in [4.78, 5) is 0. The molecule has 0 atom stereocenters. The lowest BCUT2D eigenvalue weighted by Crippen LogP contribution is -2.13. The van der Waals surface area contributed by atoms with Crippen LogP contribution in [-0.4, -0.2) is 6.67 Å². The Balaban J connectivity index is 0.000000291. The van der Waals surface area contributed by atoms with Gasteiger partial charge >= 0.3 is 0 Å². The van der Waals surface area contributed by atoms with Crippen LogP contribution in [0.4, 0.5) is 0 Å². The lowest BCUT2D eigenvalue weighted by atomic mass is 10.4. The van der Waals surface area contributed by atoms with Crippen LogP contribution in [0.1, 0.15) is 27.2 Å². The van der Waals surface area contributed by atoms with Gasteiger partial charge in [-0.2, -0.15) is 0 Å². The Kier molecular flexibility index (Phi) is 5.07. The highest BCUT2D eigenvalue weighted by Crippen LogP contribution is 1.94. The van der Waals surface area contributed by atoms with Crippen molar-refractivity contribution >= 4 is 0 Å². The van der Waals surface area contributed by atoms with E-state index < -0.39 is 0 Å². The van der Waals surface area contributed by atoms with Gasteiger partial charge in [-0.1, -0.05) is 20.8 Å². The van der Waals surface area contributed by atoms with Gasteiger partial charge in [-0.3, -0.25) is 0 Å². The summed E-state index contributed by atoms with van der Waals surface area (Å²) in [5.74, 6) is 0. The van der Waals surface area contributed by atoms with Crippen molar-refractivity contribution in [1.82, 2.24) is 10.6 Å². The zero-order valence-corrected chi connectivity index (χ0v) is 6.49. The molecule has 0 fully saturated rings. The van der Waals surface area contributed by atoms with Crippen LogP contribution >= 0.6 is 0 Å². The standard InChI is InChI=1S/C5H10N2.C2H6/c1-2-5-3-6-4-7-5;1-2/h3,6-7H,2,4H2,1H3;1-2H3. The normalized spacial score (nSPS) is 14.3. The number of allylic oxidation sites excluding steroid dienone is 1. The summed E-state index contributed by atoms with van der Waals surface area (Å²) < 4.78 is 0. The van der Waals surface area contributed by atoms with Crippen molar-refractivity contribution in [2.75, 3.05) is 6.67 Å². The second-order valence-corrected chi connectivity index (χ2v) is 1.58. The van der Waals surface area contributed by atoms with Gasteiger partial charge in [0.1, 0.15) is 0 Å². The van der Waals surface area contributed by atoms with E-state index in [0.29, 0.717) is 0 Å². The quantitative estimate of drug-likeness (QED) is 0.558. The van der Waals surface area contributed by atoms with Crippen molar-refractivity contribution in [3.63, 3.8) is 0 Å². The van der Waals surface area contributed by atoms with Crippen LogP contribution in [0.3, 0.4) is 0 Å². The molecule has 2 heteroatoms. The fourth-order valence-electron chi connectivity index (χ4n) is 0.617. The van der Waals surface area contributed by atoms with Crippen molar-refractivity contribution in [2.24, 2.45) is 0 Å². The van der Waals surface area contributed by atoms with Crippen LogP contribution < -0.4 is 10.6 Å². The molecular formula is C7H16N2. The third-order valence-corrected chi connectivity index (χ3v) is 1.07. The summed E-state index contributed by atoms with van der Waals surface area (Å²) in [5, 5.41) is 6.21. The summed E-state index contributed by atoms with van der Waals surface area (Å²) in [6.45, 7) is 7.04. The highest BCUT2D eigenvalue weighted by molar-refractivity contribution is 5.01. The molecular weight excluding hydrogens is 112 g/mol. The Morgan fingerprint density at radius 1 is 1.56 bits per heavy atom. The summed E-state index contributed by atoms with van der Waals surface area (Å²) in [7, 11) is 0. The lowest BCUT2D eigenvalue weighted by molar-refractivity contribution is 0.791. The predicted molar refractivity (Wildman–Crippen MR) is 40.9 cm³/mol. The first-order valence-electron chi connectivity index (χ1n) is 3.60. The molecule has 0 bridgehead atoms. The minimum atomic E-state index is 0.906. The molecule has 0 saturated heterocycles. The molecule has 1 aliphatic rings. The molecule has 1 heterocycles. The summed E-state index contributed by atoms with van der Waals surface area (Å²) >= 11 is 0. The van der Waals surface area contributed by atoms with E-state index in [9.17, 15) is 0 Å². The SMILES string of the molecule is CC.CCC1=CNCN1. The van der Waals surface area contributed by atoms with E-state index in [2.05, 4.69) is 17.6 Å². The fourth-order valence-corrected chi connectivity index (χ4v) is 0.617. The van der Waals surface area contributed by atoms with Gasteiger partial charge in [0, 0.05) is 11.9 Å². The Morgan fingerprint density at radius 3 is 2.44 bits per heavy atom. The Morgan fingerprint density at radius 2 is 2.22 bits per heavy atom. The Labute approximate surface area is 57.3 Å². The van der Waals surface area contributed by atoms with Gasteiger partial charge in [0.05, 0.1) is 6.67 Å². The fraction of sp³-hybridized carbons (Fsp3) is 0.714. The Hall–Kier alpha value is -0.660. The van der Waals surface area contributed by atoms with Gasteiger partial charge in [0.15, 0.2) is 0 Å². The van der Waals surface area contributed by atoms with Crippen molar-refractivity contribution in [2.45, 2.75) is 27.2 Å². The van der Waals surface area contributed by atoms with Gasteiger partial charge in [0.25, 0.3) is 0 Å². The maximum atomic E-state index is 3.16. The van der Waals surface area contributed by atoms with E-state index in [1.807, 2.05) is 20.0 Å². The van der Waals surface area contributed by atoms with Crippen molar-refractivity contribution in [3.05, 3.63) is 11.9 Å². The van der Waals surface area contributed by atoms with Gasteiger partial charge < -0.3 is 10.6 Å². The minimum absolute atomic E-state index is 0.906. The molecule has 9 heavy (non-hydrogen) atoms. The minimum Gasteiger partial charge on any atom is -0.372 e. The van der Waals surface area contributed by atoms with Crippen LogP contribution in [0.2, 0.25) is 0 Å². The highest BCUT2D eigenvalue weighted by Gasteiger charge is 1.95. The zero-order chi connectivity index (χ0) is 7.11. The molecule has 1 rings (SSSR count). The monoisotopic (exact) mass is 128 g/mol. The van der Waals surface area contributed by atoms with Crippen LogP contribution in [-0.2, 0) is 0 Å². The predicted octanol–water partition coefficient (Wildman–Crippen LogP) is 1.41. The van der Waals surface area contributed by atoms with Crippen molar-refractivity contribution < 1.29 is 0 Å². The molecule has 0 aromatic carbocycles. The molecule has 1 aliphatic heterocycles. The topological polar surface area (TPSA) is 24.1 Å².